The standard InChI is InChI=1S/C12H23NO2S2/c1-16-12(7-4-8-12)9-13-10-5-3-6-11(10)17(2,14)15/h10-11,13H,3-9H2,1-2H3. The topological polar surface area (TPSA) is 46.2 Å². The quantitative estimate of drug-likeness (QED) is 0.833. The number of hydrogen-bond donors (Lipinski definition) is 1. The van der Waals surface area contributed by atoms with Gasteiger partial charge in [-0.25, -0.2) is 8.42 Å². The van der Waals surface area contributed by atoms with Crippen LogP contribution in [0.3, 0.4) is 0 Å². The first-order valence-corrected chi connectivity index (χ1v) is 9.62. The van der Waals surface area contributed by atoms with Crippen molar-refractivity contribution in [1.82, 2.24) is 5.32 Å². The molecule has 5 heteroatoms. The molecule has 2 fully saturated rings. The molecule has 17 heavy (non-hydrogen) atoms. The number of thioether (sulfide) groups is 1. The second-order valence-corrected chi connectivity index (χ2v) is 9.07. The molecule has 0 aromatic carbocycles. The highest BCUT2D eigenvalue weighted by Gasteiger charge is 2.39. The van der Waals surface area contributed by atoms with Gasteiger partial charge in [-0.05, 0) is 31.9 Å². The van der Waals surface area contributed by atoms with E-state index in [1.165, 1.54) is 25.5 Å². The van der Waals surface area contributed by atoms with Gasteiger partial charge in [-0.1, -0.05) is 12.8 Å². The second kappa shape index (κ2) is 5.10. The lowest BCUT2D eigenvalue weighted by Crippen LogP contribution is -2.49. The minimum atomic E-state index is -2.88. The maximum absolute atomic E-state index is 11.7. The summed E-state index contributed by atoms with van der Waals surface area (Å²) in [7, 11) is -2.88. The third-order valence-electron chi connectivity index (χ3n) is 4.39. The van der Waals surface area contributed by atoms with E-state index in [4.69, 9.17) is 0 Å². The maximum atomic E-state index is 11.7. The minimum Gasteiger partial charge on any atom is -0.311 e. The van der Waals surface area contributed by atoms with E-state index < -0.39 is 9.84 Å². The molecular formula is C12H23NO2S2. The Labute approximate surface area is 109 Å². The second-order valence-electron chi connectivity index (χ2n) is 5.53. The highest BCUT2D eigenvalue weighted by atomic mass is 32.2. The molecule has 3 nitrogen and oxygen atoms in total. The van der Waals surface area contributed by atoms with Gasteiger partial charge in [-0.2, -0.15) is 11.8 Å². The Morgan fingerprint density at radius 1 is 1.29 bits per heavy atom. The molecule has 0 heterocycles. The lowest BCUT2D eigenvalue weighted by atomic mass is 9.84. The minimum absolute atomic E-state index is 0.151. The molecule has 2 aliphatic carbocycles. The van der Waals surface area contributed by atoms with E-state index in [0.29, 0.717) is 4.75 Å². The maximum Gasteiger partial charge on any atom is 0.151 e. The van der Waals surface area contributed by atoms with Crippen LogP contribution >= 0.6 is 11.8 Å². The first-order valence-electron chi connectivity index (χ1n) is 6.44. The van der Waals surface area contributed by atoms with E-state index in [-0.39, 0.29) is 11.3 Å². The first-order chi connectivity index (χ1) is 7.97. The molecule has 2 saturated carbocycles. The smallest absolute Gasteiger partial charge is 0.151 e. The van der Waals surface area contributed by atoms with Gasteiger partial charge in [0.05, 0.1) is 5.25 Å². The van der Waals surface area contributed by atoms with Crippen molar-refractivity contribution >= 4 is 21.6 Å². The molecule has 2 atom stereocenters. The lowest BCUT2D eigenvalue weighted by molar-refractivity contribution is 0.330. The predicted octanol–water partition coefficient (Wildman–Crippen LogP) is 1.83. The van der Waals surface area contributed by atoms with Crippen LogP contribution in [-0.2, 0) is 9.84 Å². The van der Waals surface area contributed by atoms with E-state index in [2.05, 4.69) is 11.6 Å². The fourth-order valence-electron chi connectivity index (χ4n) is 3.01. The molecule has 2 unspecified atom stereocenters. The van der Waals surface area contributed by atoms with Gasteiger partial charge in [0.15, 0.2) is 9.84 Å². The summed E-state index contributed by atoms with van der Waals surface area (Å²) in [5.74, 6) is 0. The van der Waals surface area contributed by atoms with Crippen molar-refractivity contribution in [3.63, 3.8) is 0 Å². The molecular weight excluding hydrogens is 254 g/mol. The van der Waals surface area contributed by atoms with Gasteiger partial charge >= 0.3 is 0 Å². The third-order valence-corrected chi connectivity index (χ3v) is 7.47. The summed E-state index contributed by atoms with van der Waals surface area (Å²) in [5.41, 5.74) is 0. The normalized spacial score (nSPS) is 32.4. The van der Waals surface area contributed by atoms with Crippen molar-refractivity contribution in [2.45, 2.75) is 54.6 Å². The molecule has 100 valence electrons. The number of rotatable bonds is 5. The summed E-state index contributed by atoms with van der Waals surface area (Å²) in [5, 5.41) is 3.38. The number of hydrogen-bond acceptors (Lipinski definition) is 4. The van der Waals surface area contributed by atoms with Crippen molar-refractivity contribution in [2.24, 2.45) is 0 Å². The van der Waals surface area contributed by atoms with Crippen LogP contribution in [0.25, 0.3) is 0 Å². The van der Waals surface area contributed by atoms with E-state index >= 15 is 0 Å². The highest BCUT2D eigenvalue weighted by molar-refractivity contribution is 8.00. The van der Waals surface area contributed by atoms with Crippen molar-refractivity contribution in [3.8, 4) is 0 Å². The number of sulfone groups is 1. The van der Waals surface area contributed by atoms with Crippen molar-refractivity contribution < 1.29 is 8.42 Å². The Morgan fingerprint density at radius 3 is 2.47 bits per heavy atom. The number of nitrogens with one attached hydrogen (secondary N) is 1. The third kappa shape index (κ3) is 2.99. The largest absolute Gasteiger partial charge is 0.311 e. The Morgan fingerprint density at radius 2 is 2.00 bits per heavy atom. The molecule has 0 saturated heterocycles. The molecule has 0 spiro atoms. The van der Waals surface area contributed by atoms with Gasteiger partial charge < -0.3 is 5.32 Å². The summed E-state index contributed by atoms with van der Waals surface area (Å²) in [4.78, 5) is 0. The summed E-state index contributed by atoms with van der Waals surface area (Å²) >= 11 is 1.94. The van der Waals surface area contributed by atoms with Crippen molar-refractivity contribution in [3.05, 3.63) is 0 Å². The van der Waals surface area contributed by atoms with Gasteiger partial charge in [-0.15, -0.1) is 0 Å². The monoisotopic (exact) mass is 277 g/mol. The molecule has 1 N–H and O–H groups in total. The van der Waals surface area contributed by atoms with Gasteiger partial charge in [0.25, 0.3) is 0 Å². The van der Waals surface area contributed by atoms with Crippen molar-refractivity contribution in [2.75, 3.05) is 19.1 Å². The Bertz CT molecular complexity index is 357. The lowest BCUT2D eigenvalue weighted by Gasteiger charge is -2.41. The predicted molar refractivity (Wildman–Crippen MR) is 74.4 cm³/mol. The Balaban J connectivity index is 1.90. The van der Waals surface area contributed by atoms with Crippen LogP contribution in [0.2, 0.25) is 0 Å². The summed E-state index contributed by atoms with van der Waals surface area (Å²) in [6.07, 6.45) is 10.3. The summed E-state index contributed by atoms with van der Waals surface area (Å²) in [6.45, 7) is 0.977. The summed E-state index contributed by atoms with van der Waals surface area (Å²) in [6, 6.07) is 0.189. The zero-order valence-corrected chi connectivity index (χ0v) is 12.4. The molecule has 2 rings (SSSR count). The van der Waals surface area contributed by atoms with E-state index in [0.717, 1.165) is 25.8 Å². The molecule has 0 bridgehead atoms. The van der Waals surface area contributed by atoms with E-state index in [1.807, 2.05) is 11.8 Å². The Hall–Kier alpha value is 0.260. The van der Waals surface area contributed by atoms with Crippen LogP contribution < -0.4 is 5.32 Å². The first kappa shape index (κ1) is 13.7. The van der Waals surface area contributed by atoms with Crippen LogP contribution in [0.5, 0.6) is 0 Å². The fraction of sp³-hybridized carbons (Fsp3) is 1.00. The molecule has 0 aromatic rings. The fourth-order valence-corrected chi connectivity index (χ4v) is 5.36. The van der Waals surface area contributed by atoms with E-state index in [9.17, 15) is 8.42 Å². The molecule has 0 aliphatic heterocycles. The van der Waals surface area contributed by atoms with Crippen molar-refractivity contribution in [1.29, 1.82) is 0 Å². The van der Waals surface area contributed by atoms with Gasteiger partial charge in [0, 0.05) is 23.6 Å². The average molecular weight is 277 g/mol. The van der Waals surface area contributed by atoms with Crippen LogP contribution in [-0.4, -0.2) is 43.5 Å². The Kier molecular flexibility index (Phi) is 4.10. The van der Waals surface area contributed by atoms with Gasteiger partial charge in [0.2, 0.25) is 0 Å². The van der Waals surface area contributed by atoms with Crippen LogP contribution in [0.1, 0.15) is 38.5 Å². The van der Waals surface area contributed by atoms with Crippen LogP contribution in [0.4, 0.5) is 0 Å². The van der Waals surface area contributed by atoms with E-state index in [1.54, 1.807) is 0 Å². The van der Waals surface area contributed by atoms with Gasteiger partial charge in [0.1, 0.15) is 0 Å². The molecule has 0 amide bonds. The molecule has 0 aromatic heterocycles. The zero-order chi connectivity index (χ0) is 12.5. The van der Waals surface area contributed by atoms with Gasteiger partial charge in [-0.3, -0.25) is 0 Å². The average Bonchev–Trinajstić information content (AvgIpc) is 2.64. The molecule has 0 radical (unpaired) electrons. The van der Waals surface area contributed by atoms with Crippen LogP contribution in [0.15, 0.2) is 0 Å². The SMILES string of the molecule is CSC1(CNC2CCCC2S(C)(=O)=O)CCC1. The zero-order valence-electron chi connectivity index (χ0n) is 10.7. The molecule has 2 aliphatic rings. The van der Waals surface area contributed by atoms with Crippen LogP contribution in [0, 0.1) is 0 Å². The highest BCUT2D eigenvalue weighted by Crippen LogP contribution is 2.42. The summed E-state index contributed by atoms with van der Waals surface area (Å²) < 4.78 is 23.7.